The molecule has 1 heterocycles. The van der Waals surface area contributed by atoms with Crippen LogP contribution in [0.3, 0.4) is 0 Å². The van der Waals surface area contributed by atoms with Gasteiger partial charge in [0.15, 0.2) is 0 Å². The molecule has 0 fully saturated rings. The van der Waals surface area contributed by atoms with Crippen LogP contribution in [0.1, 0.15) is 44.1 Å². The molecule has 0 aliphatic heterocycles. The summed E-state index contributed by atoms with van der Waals surface area (Å²) in [5.41, 5.74) is 25.2. The lowest BCUT2D eigenvalue weighted by molar-refractivity contribution is -0.127. The highest BCUT2D eigenvalue weighted by molar-refractivity contribution is 5.99. The maximum Gasteiger partial charge on any atom is 0.274 e. The summed E-state index contributed by atoms with van der Waals surface area (Å²) in [7, 11) is 1.66. The number of fused-ring (bicyclic) bond motifs is 1. The molecule has 2 amide bonds. The molecule has 0 aliphatic rings. The van der Waals surface area contributed by atoms with Crippen molar-refractivity contribution in [2.24, 2.45) is 30.0 Å². The Morgan fingerprint density at radius 3 is 2.07 bits per heavy atom. The van der Waals surface area contributed by atoms with Gasteiger partial charge in [0.05, 0.1) is 11.6 Å². The Kier molecular flexibility index (Phi) is 21.2. The van der Waals surface area contributed by atoms with Crippen molar-refractivity contribution in [3.63, 3.8) is 0 Å². The molecule has 0 saturated heterocycles. The molecule has 0 unspecified atom stereocenters. The van der Waals surface area contributed by atoms with Gasteiger partial charge in [0, 0.05) is 18.0 Å². The number of amides is 2. The third kappa shape index (κ3) is 12.5. The van der Waals surface area contributed by atoms with E-state index in [1.807, 2.05) is 54.6 Å². The molecule has 0 aliphatic carbocycles. The van der Waals surface area contributed by atoms with Crippen LogP contribution in [-0.2, 0) is 23.1 Å². The molecule has 0 spiro atoms. The zero-order chi connectivity index (χ0) is 29.1. The summed E-state index contributed by atoms with van der Waals surface area (Å²) in [6.07, 6.45) is 3.84. The molecule has 10 nitrogen and oxygen atoms in total. The zero-order valence-corrected chi connectivity index (χ0v) is 28.2. The largest absolute Gasteiger partial charge is 0.343 e. The number of anilines is 1. The summed E-state index contributed by atoms with van der Waals surface area (Å²) in [6.45, 7) is 0.920. The summed E-state index contributed by atoms with van der Waals surface area (Å²) >= 11 is 0. The quantitative estimate of drug-likeness (QED) is 0.141. The molecule has 44 heavy (non-hydrogen) atoms. The minimum atomic E-state index is -0.891. The number of carbonyl (C=O) groups is 2. The van der Waals surface area contributed by atoms with Crippen LogP contribution < -0.4 is 39.1 Å². The van der Waals surface area contributed by atoms with Crippen molar-refractivity contribution in [1.82, 2.24) is 9.88 Å². The second kappa shape index (κ2) is 21.3. The maximum atomic E-state index is 13.4. The molecule has 3 rings (SSSR count). The SMILES string of the molecule is Cl.Cl.Cl.Cl.Cn1c(=O)c(NC(=O)[C@@H](CCc2ccccc2)NC(=O)[C@@H](N)CCCC(N)(CCN)CCN)cc2ccccc21. The van der Waals surface area contributed by atoms with Gasteiger partial charge in [0.25, 0.3) is 5.56 Å². The number of carbonyl (C=O) groups excluding carboxylic acids is 2. The molecule has 2 aromatic carbocycles. The van der Waals surface area contributed by atoms with E-state index in [4.69, 9.17) is 22.9 Å². The first-order valence-corrected chi connectivity index (χ1v) is 13.9. The summed E-state index contributed by atoms with van der Waals surface area (Å²) < 4.78 is 1.49. The van der Waals surface area contributed by atoms with Crippen molar-refractivity contribution < 1.29 is 9.59 Å². The zero-order valence-electron chi connectivity index (χ0n) is 24.9. The Hall–Kier alpha value is -2.41. The van der Waals surface area contributed by atoms with E-state index in [1.165, 1.54) is 4.57 Å². The van der Waals surface area contributed by atoms with Crippen molar-refractivity contribution in [3.8, 4) is 0 Å². The Labute approximate surface area is 284 Å². The van der Waals surface area contributed by atoms with Crippen LogP contribution in [0.4, 0.5) is 5.69 Å². The van der Waals surface area contributed by atoms with E-state index in [0.29, 0.717) is 58.0 Å². The van der Waals surface area contributed by atoms with Gasteiger partial charge in [-0.1, -0.05) is 48.5 Å². The number of pyridine rings is 1. The molecular formula is C30H47Cl4N7O3. The molecule has 10 N–H and O–H groups in total. The molecule has 0 saturated carbocycles. The van der Waals surface area contributed by atoms with Crippen LogP contribution in [0.25, 0.3) is 10.9 Å². The van der Waals surface area contributed by atoms with Crippen molar-refractivity contribution in [1.29, 1.82) is 0 Å². The predicted octanol–water partition coefficient (Wildman–Crippen LogP) is 3.17. The first-order chi connectivity index (χ1) is 19.2. The average Bonchev–Trinajstić information content (AvgIpc) is 2.94. The Morgan fingerprint density at radius 2 is 1.45 bits per heavy atom. The highest BCUT2D eigenvalue weighted by Gasteiger charge is 2.27. The standard InChI is InChI=1S/C30H43N7O3.4ClH/c1-37-26-12-6-5-10-22(26)20-25(29(37)40)36-28(39)24(14-13-21-8-3-2-4-9-21)35-27(38)23(33)11-7-15-30(34,16-18-31)17-19-32;;;;/h2-6,8-10,12,20,23-24H,7,11,13-19,31-34H2,1H3,(H,35,38)(H,36,39);4*1H/t23-,24+;;;;/m0..../s1. The minimum absolute atomic E-state index is 0. The van der Waals surface area contributed by atoms with Crippen LogP contribution in [-0.4, -0.2) is 47.1 Å². The Bertz CT molecular complexity index is 1340. The first kappa shape index (κ1) is 43.7. The van der Waals surface area contributed by atoms with Crippen LogP contribution >= 0.6 is 49.6 Å². The smallest absolute Gasteiger partial charge is 0.274 e. The van der Waals surface area contributed by atoms with E-state index in [1.54, 1.807) is 13.1 Å². The molecule has 1 aromatic heterocycles. The highest BCUT2D eigenvalue weighted by Crippen LogP contribution is 2.20. The molecular weight excluding hydrogens is 648 g/mol. The van der Waals surface area contributed by atoms with Crippen molar-refractivity contribution >= 4 is 78.0 Å². The monoisotopic (exact) mass is 693 g/mol. The third-order valence-electron chi connectivity index (χ3n) is 7.40. The molecule has 248 valence electrons. The summed E-state index contributed by atoms with van der Waals surface area (Å²) in [6, 6.07) is 17.1. The van der Waals surface area contributed by atoms with Crippen molar-refractivity contribution in [2.75, 3.05) is 18.4 Å². The van der Waals surface area contributed by atoms with Gasteiger partial charge < -0.3 is 38.1 Å². The number of para-hydroxylation sites is 1. The van der Waals surface area contributed by atoms with E-state index < -0.39 is 29.4 Å². The van der Waals surface area contributed by atoms with Crippen LogP contribution in [0, 0.1) is 0 Å². The van der Waals surface area contributed by atoms with Gasteiger partial charge >= 0.3 is 0 Å². The van der Waals surface area contributed by atoms with Crippen LogP contribution in [0.2, 0.25) is 0 Å². The lowest BCUT2D eigenvalue weighted by atomic mass is 9.86. The number of benzene rings is 2. The Balaban J connectivity index is 0. The lowest BCUT2D eigenvalue weighted by Crippen LogP contribution is -2.50. The maximum absolute atomic E-state index is 13.4. The normalized spacial score (nSPS) is 11.9. The van der Waals surface area contributed by atoms with E-state index >= 15 is 0 Å². The number of hydrogen-bond donors (Lipinski definition) is 6. The van der Waals surface area contributed by atoms with E-state index in [2.05, 4.69) is 10.6 Å². The summed E-state index contributed by atoms with van der Waals surface area (Å²) in [5.74, 6) is -0.907. The number of rotatable bonds is 15. The number of nitrogens with two attached hydrogens (primary N) is 4. The van der Waals surface area contributed by atoms with Gasteiger partial charge in [0.2, 0.25) is 11.8 Å². The van der Waals surface area contributed by atoms with Crippen LogP contribution in [0.5, 0.6) is 0 Å². The predicted molar refractivity (Wildman–Crippen MR) is 190 cm³/mol. The first-order valence-electron chi connectivity index (χ1n) is 13.9. The topological polar surface area (TPSA) is 184 Å². The molecule has 3 aromatic rings. The van der Waals surface area contributed by atoms with Crippen molar-refractivity contribution in [3.05, 3.63) is 76.6 Å². The van der Waals surface area contributed by atoms with E-state index in [0.717, 1.165) is 16.5 Å². The number of nitrogens with one attached hydrogen (secondary N) is 2. The van der Waals surface area contributed by atoms with Gasteiger partial charge in [-0.3, -0.25) is 14.4 Å². The molecule has 2 atom stereocenters. The lowest BCUT2D eigenvalue weighted by Gasteiger charge is -2.29. The molecule has 0 bridgehead atoms. The number of hydrogen-bond acceptors (Lipinski definition) is 7. The third-order valence-corrected chi connectivity index (χ3v) is 7.40. The summed E-state index contributed by atoms with van der Waals surface area (Å²) in [4.78, 5) is 39.5. The number of halogens is 4. The summed E-state index contributed by atoms with van der Waals surface area (Å²) in [5, 5.41) is 6.38. The minimum Gasteiger partial charge on any atom is -0.343 e. The van der Waals surface area contributed by atoms with E-state index in [-0.39, 0.29) is 60.9 Å². The van der Waals surface area contributed by atoms with Gasteiger partial charge in [-0.15, -0.1) is 49.6 Å². The number of aromatic nitrogens is 1. The second-order valence-electron chi connectivity index (χ2n) is 10.5. The Morgan fingerprint density at radius 1 is 0.864 bits per heavy atom. The fourth-order valence-electron chi connectivity index (χ4n) is 4.99. The van der Waals surface area contributed by atoms with Gasteiger partial charge in [-0.05, 0) is 75.7 Å². The highest BCUT2D eigenvalue weighted by atomic mass is 35.5. The van der Waals surface area contributed by atoms with Crippen LogP contribution in [0.15, 0.2) is 65.5 Å². The van der Waals surface area contributed by atoms with Crippen molar-refractivity contribution in [2.45, 2.75) is 62.6 Å². The van der Waals surface area contributed by atoms with E-state index in [9.17, 15) is 14.4 Å². The average molecular weight is 696 g/mol. The fourth-order valence-corrected chi connectivity index (χ4v) is 4.99. The van der Waals surface area contributed by atoms with Gasteiger partial charge in [-0.25, -0.2) is 0 Å². The fraction of sp³-hybridized carbons (Fsp3) is 0.433. The molecule has 0 radical (unpaired) electrons. The number of nitrogens with zero attached hydrogens (tertiary/aromatic N) is 1. The second-order valence-corrected chi connectivity index (χ2v) is 10.5. The van der Waals surface area contributed by atoms with Gasteiger partial charge in [-0.2, -0.15) is 0 Å². The number of aryl methyl sites for hydroxylation is 2. The van der Waals surface area contributed by atoms with Gasteiger partial charge in [0.1, 0.15) is 11.7 Å². The molecule has 14 heteroatoms.